The van der Waals surface area contributed by atoms with Crippen LogP contribution in [0.2, 0.25) is 0 Å². The van der Waals surface area contributed by atoms with Gasteiger partial charge in [0.15, 0.2) is 0 Å². The first kappa shape index (κ1) is 11.6. The normalized spacial score (nSPS) is 24.1. The molecule has 2 heteroatoms. The summed E-state index contributed by atoms with van der Waals surface area (Å²) in [6.07, 6.45) is 4.71. The molecule has 2 atom stereocenters. The third-order valence-electron chi connectivity index (χ3n) is 3.63. The molecule has 2 nitrogen and oxygen atoms in total. The predicted octanol–water partition coefficient (Wildman–Crippen LogP) is 2.68. The van der Waals surface area contributed by atoms with Gasteiger partial charge in [-0.25, -0.2) is 0 Å². The third kappa shape index (κ3) is 2.45. The summed E-state index contributed by atoms with van der Waals surface area (Å²) < 4.78 is 5.10. The molecule has 0 radical (unpaired) electrons. The third-order valence-corrected chi connectivity index (χ3v) is 3.63. The van der Waals surface area contributed by atoms with E-state index in [4.69, 9.17) is 10.5 Å². The Morgan fingerprint density at radius 3 is 3.00 bits per heavy atom. The van der Waals surface area contributed by atoms with E-state index in [9.17, 15) is 0 Å². The fraction of sp³-hybridized carbons (Fsp3) is 0.571. The van der Waals surface area contributed by atoms with Crippen molar-refractivity contribution in [3.05, 3.63) is 35.4 Å². The highest BCUT2D eigenvalue weighted by molar-refractivity contribution is 5.32. The first-order valence-electron chi connectivity index (χ1n) is 6.15. The second kappa shape index (κ2) is 5.46. The second-order valence-corrected chi connectivity index (χ2v) is 4.66. The molecule has 2 rings (SSSR count). The van der Waals surface area contributed by atoms with Crippen LogP contribution in [0.25, 0.3) is 0 Å². The summed E-state index contributed by atoms with van der Waals surface area (Å²) in [5, 5.41) is 0. The molecule has 1 aromatic carbocycles. The summed E-state index contributed by atoms with van der Waals surface area (Å²) in [6.45, 7) is 0.852. The van der Waals surface area contributed by atoms with Crippen LogP contribution in [0.4, 0.5) is 0 Å². The number of hydrogen-bond acceptors (Lipinski definition) is 2. The van der Waals surface area contributed by atoms with Crippen LogP contribution in [0.15, 0.2) is 24.3 Å². The molecule has 0 saturated carbocycles. The summed E-state index contributed by atoms with van der Waals surface area (Å²) in [6, 6.07) is 8.82. The van der Waals surface area contributed by atoms with Gasteiger partial charge in [-0.1, -0.05) is 24.3 Å². The van der Waals surface area contributed by atoms with E-state index in [1.807, 2.05) is 0 Å². The molecule has 1 aromatic rings. The van der Waals surface area contributed by atoms with E-state index < -0.39 is 0 Å². The van der Waals surface area contributed by atoms with E-state index in [0.29, 0.717) is 5.92 Å². The molecule has 88 valence electrons. The fourth-order valence-corrected chi connectivity index (χ4v) is 2.68. The molecule has 0 saturated heterocycles. The van der Waals surface area contributed by atoms with Gasteiger partial charge in [0.1, 0.15) is 0 Å². The van der Waals surface area contributed by atoms with Crippen molar-refractivity contribution in [2.75, 3.05) is 13.7 Å². The molecule has 1 aliphatic rings. The maximum absolute atomic E-state index is 6.33. The van der Waals surface area contributed by atoms with Gasteiger partial charge in [0.2, 0.25) is 0 Å². The van der Waals surface area contributed by atoms with E-state index in [2.05, 4.69) is 24.3 Å². The molecule has 1 aliphatic carbocycles. The van der Waals surface area contributed by atoms with E-state index in [1.165, 1.54) is 30.4 Å². The smallest absolute Gasteiger partial charge is 0.0462 e. The fourth-order valence-electron chi connectivity index (χ4n) is 2.68. The number of aryl methyl sites for hydroxylation is 1. The Labute approximate surface area is 97.8 Å². The van der Waals surface area contributed by atoms with Crippen molar-refractivity contribution in [2.45, 2.75) is 31.7 Å². The molecule has 0 heterocycles. The minimum Gasteiger partial charge on any atom is -0.385 e. The minimum absolute atomic E-state index is 0.224. The predicted molar refractivity (Wildman–Crippen MR) is 66.3 cm³/mol. The molecule has 0 bridgehead atoms. The Morgan fingerprint density at radius 1 is 1.38 bits per heavy atom. The van der Waals surface area contributed by atoms with Crippen LogP contribution in [-0.2, 0) is 11.2 Å². The van der Waals surface area contributed by atoms with Crippen molar-refractivity contribution in [3.8, 4) is 0 Å². The van der Waals surface area contributed by atoms with Crippen molar-refractivity contribution < 1.29 is 4.74 Å². The van der Waals surface area contributed by atoms with Gasteiger partial charge in [0.25, 0.3) is 0 Å². The zero-order valence-electron chi connectivity index (χ0n) is 9.99. The van der Waals surface area contributed by atoms with Crippen LogP contribution in [0.5, 0.6) is 0 Å². The first-order valence-corrected chi connectivity index (χ1v) is 6.15. The maximum Gasteiger partial charge on any atom is 0.0462 e. The van der Waals surface area contributed by atoms with Crippen LogP contribution in [0.1, 0.15) is 36.4 Å². The van der Waals surface area contributed by atoms with Crippen molar-refractivity contribution in [1.82, 2.24) is 0 Å². The number of nitrogens with two attached hydrogens (primary N) is 1. The number of methoxy groups -OCH3 is 1. The van der Waals surface area contributed by atoms with Crippen molar-refractivity contribution in [3.63, 3.8) is 0 Å². The van der Waals surface area contributed by atoms with Gasteiger partial charge in [0.05, 0.1) is 0 Å². The highest BCUT2D eigenvalue weighted by Gasteiger charge is 2.25. The van der Waals surface area contributed by atoms with Crippen LogP contribution in [0.3, 0.4) is 0 Å². The molecule has 0 aliphatic heterocycles. The van der Waals surface area contributed by atoms with E-state index in [0.717, 1.165) is 13.0 Å². The van der Waals surface area contributed by atoms with Gasteiger partial charge in [0, 0.05) is 19.8 Å². The second-order valence-electron chi connectivity index (χ2n) is 4.66. The molecular weight excluding hydrogens is 198 g/mol. The number of ether oxygens (including phenoxy) is 1. The lowest BCUT2D eigenvalue weighted by molar-refractivity contribution is 0.181. The topological polar surface area (TPSA) is 35.2 Å². The Bertz CT molecular complexity index is 337. The van der Waals surface area contributed by atoms with Gasteiger partial charge in [-0.05, 0) is 42.7 Å². The van der Waals surface area contributed by atoms with Gasteiger partial charge >= 0.3 is 0 Å². The van der Waals surface area contributed by atoms with Crippen LogP contribution in [-0.4, -0.2) is 13.7 Å². The first-order chi connectivity index (χ1) is 7.83. The van der Waals surface area contributed by atoms with Gasteiger partial charge in [-0.2, -0.15) is 0 Å². The van der Waals surface area contributed by atoms with Crippen molar-refractivity contribution >= 4 is 0 Å². The summed E-state index contributed by atoms with van der Waals surface area (Å²) in [4.78, 5) is 0. The minimum atomic E-state index is 0.224. The van der Waals surface area contributed by atoms with Crippen LogP contribution in [0, 0.1) is 5.92 Å². The summed E-state index contributed by atoms with van der Waals surface area (Å²) >= 11 is 0. The number of hydrogen-bond donors (Lipinski definition) is 1. The SMILES string of the molecule is COCCCC1CCc2ccccc2C1N. The summed E-state index contributed by atoms with van der Waals surface area (Å²) in [5.41, 5.74) is 9.13. The zero-order chi connectivity index (χ0) is 11.4. The van der Waals surface area contributed by atoms with Crippen molar-refractivity contribution in [2.24, 2.45) is 11.7 Å². The standard InChI is InChI=1S/C14H21NO/c1-16-10-4-6-12-9-8-11-5-2-3-7-13(11)14(12)15/h2-3,5,7,12,14H,4,6,8-10,15H2,1H3. The molecule has 16 heavy (non-hydrogen) atoms. The van der Waals surface area contributed by atoms with Crippen LogP contribution < -0.4 is 5.73 Å². The Morgan fingerprint density at radius 2 is 2.19 bits per heavy atom. The lowest BCUT2D eigenvalue weighted by Gasteiger charge is -2.31. The van der Waals surface area contributed by atoms with Gasteiger partial charge < -0.3 is 10.5 Å². The van der Waals surface area contributed by atoms with E-state index >= 15 is 0 Å². The van der Waals surface area contributed by atoms with Gasteiger partial charge in [-0.3, -0.25) is 0 Å². The monoisotopic (exact) mass is 219 g/mol. The lowest BCUT2D eigenvalue weighted by atomic mass is 9.78. The molecule has 0 amide bonds. The molecule has 0 spiro atoms. The van der Waals surface area contributed by atoms with Crippen LogP contribution >= 0.6 is 0 Å². The average molecular weight is 219 g/mol. The highest BCUT2D eigenvalue weighted by Crippen LogP contribution is 2.34. The van der Waals surface area contributed by atoms with E-state index in [-0.39, 0.29) is 6.04 Å². The summed E-state index contributed by atoms with van der Waals surface area (Å²) in [5.74, 6) is 0.630. The Kier molecular flexibility index (Phi) is 3.97. The highest BCUT2D eigenvalue weighted by atomic mass is 16.5. The lowest BCUT2D eigenvalue weighted by Crippen LogP contribution is -2.27. The number of rotatable bonds is 4. The van der Waals surface area contributed by atoms with E-state index in [1.54, 1.807) is 7.11 Å². The average Bonchev–Trinajstić information content (AvgIpc) is 2.33. The molecular formula is C14H21NO. The largest absolute Gasteiger partial charge is 0.385 e. The summed E-state index contributed by atoms with van der Waals surface area (Å²) in [7, 11) is 1.76. The number of benzene rings is 1. The molecule has 2 unspecified atom stereocenters. The van der Waals surface area contributed by atoms with Gasteiger partial charge in [-0.15, -0.1) is 0 Å². The maximum atomic E-state index is 6.33. The molecule has 0 fully saturated rings. The Hall–Kier alpha value is -0.860. The van der Waals surface area contributed by atoms with Crippen molar-refractivity contribution in [1.29, 1.82) is 0 Å². The Balaban J connectivity index is 2.00. The molecule has 0 aromatic heterocycles. The zero-order valence-corrected chi connectivity index (χ0v) is 9.99. The number of fused-ring (bicyclic) bond motifs is 1. The quantitative estimate of drug-likeness (QED) is 0.790. The molecule has 2 N–H and O–H groups in total.